The first-order chi connectivity index (χ1) is 6.58. The molecule has 0 atom stereocenters. The second-order valence-corrected chi connectivity index (χ2v) is 2.95. The smallest absolute Gasteiger partial charge is 0.224 e. The summed E-state index contributed by atoms with van der Waals surface area (Å²) >= 11 is 5.56. The van der Waals surface area contributed by atoms with Gasteiger partial charge in [-0.3, -0.25) is 0 Å². The van der Waals surface area contributed by atoms with Crippen LogP contribution in [0.25, 0.3) is 0 Å². The molecule has 0 spiro atoms. The number of nitrogens with two attached hydrogens (primary N) is 2. The molecule has 0 saturated heterocycles. The summed E-state index contributed by atoms with van der Waals surface area (Å²) in [5.74, 6) is 0.680. The Morgan fingerprint density at radius 2 is 2.29 bits per heavy atom. The van der Waals surface area contributed by atoms with Crippen LogP contribution in [0.1, 0.15) is 6.92 Å². The fraction of sp³-hybridized carbons (Fsp3) is 0.125. The average Bonchev–Trinajstić information content (AvgIpc) is 2.01. The molecule has 1 aromatic rings. The lowest BCUT2D eigenvalue weighted by molar-refractivity contribution is 1.15. The summed E-state index contributed by atoms with van der Waals surface area (Å²) in [7, 11) is 0. The zero-order valence-electron chi connectivity index (χ0n) is 7.61. The second-order valence-electron chi connectivity index (χ2n) is 2.61. The molecule has 0 saturated carbocycles. The Balaban J connectivity index is 2.92. The molecule has 1 heterocycles. The molecule has 1 rings (SSSR count). The molecule has 0 aliphatic heterocycles. The highest BCUT2D eigenvalue weighted by Crippen LogP contribution is 2.09. The van der Waals surface area contributed by atoms with E-state index in [9.17, 15) is 0 Å². The van der Waals surface area contributed by atoms with E-state index < -0.39 is 0 Å². The Hall–Kier alpha value is -1.62. The molecule has 0 fully saturated rings. The Labute approximate surface area is 86.5 Å². The van der Waals surface area contributed by atoms with Gasteiger partial charge in [0.05, 0.1) is 0 Å². The zero-order valence-corrected chi connectivity index (χ0v) is 8.36. The van der Waals surface area contributed by atoms with Crippen molar-refractivity contribution in [1.82, 2.24) is 9.97 Å². The minimum absolute atomic E-state index is 0.132. The summed E-state index contributed by atoms with van der Waals surface area (Å²) in [5.41, 5.74) is 11.5. The average molecular weight is 212 g/mol. The molecule has 14 heavy (non-hydrogen) atoms. The Morgan fingerprint density at radius 3 is 2.86 bits per heavy atom. The Morgan fingerprint density at radius 1 is 1.57 bits per heavy atom. The van der Waals surface area contributed by atoms with E-state index in [-0.39, 0.29) is 11.1 Å². The molecule has 0 unspecified atom stereocenters. The van der Waals surface area contributed by atoms with Crippen LogP contribution in [0.2, 0.25) is 5.28 Å². The molecular formula is C8H10ClN5. The maximum absolute atomic E-state index is 5.56. The van der Waals surface area contributed by atoms with Gasteiger partial charge in [-0.2, -0.15) is 4.98 Å². The number of aromatic nitrogens is 2. The fourth-order valence-corrected chi connectivity index (χ4v) is 0.929. The first-order valence-electron chi connectivity index (χ1n) is 3.84. The maximum Gasteiger partial charge on any atom is 0.224 e. The minimum atomic E-state index is 0.132. The van der Waals surface area contributed by atoms with Gasteiger partial charge in [0, 0.05) is 18.0 Å². The summed E-state index contributed by atoms with van der Waals surface area (Å²) in [5, 5.41) is 0.132. The monoisotopic (exact) mass is 211 g/mol. The van der Waals surface area contributed by atoms with Gasteiger partial charge in [-0.15, -0.1) is 0 Å². The van der Waals surface area contributed by atoms with Gasteiger partial charge in [0.15, 0.2) is 5.82 Å². The second kappa shape index (κ2) is 4.57. The standard InChI is InChI=1S/C8H10ClN5/c1-5(10)4-6(11)13-7-2-3-12-8(9)14-7/h2-4H,10H2,1H3,(H2,11,12,13,14)/b5-4-. The topological polar surface area (TPSA) is 90.2 Å². The molecule has 1 aromatic heterocycles. The van der Waals surface area contributed by atoms with Crippen molar-refractivity contribution in [3.63, 3.8) is 0 Å². The van der Waals surface area contributed by atoms with Crippen molar-refractivity contribution >= 4 is 23.3 Å². The quantitative estimate of drug-likeness (QED) is 0.434. The number of hydrogen-bond acceptors (Lipinski definition) is 4. The van der Waals surface area contributed by atoms with Crippen molar-refractivity contribution in [1.29, 1.82) is 0 Å². The number of allylic oxidation sites excluding steroid dienone is 1. The van der Waals surface area contributed by atoms with Gasteiger partial charge in [-0.25, -0.2) is 9.98 Å². The summed E-state index contributed by atoms with van der Waals surface area (Å²) in [6.07, 6.45) is 3.04. The molecule has 5 nitrogen and oxygen atoms in total. The van der Waals surface area contributed by atoms with Crippen LogP contribution in [-0.2, 0) is 0 Å². The molecule has 4 N–H and O–H groups in total. The molecular weight excluding hydrogens is 202 g/mol. The Kier molecular flexibility index (Phi) is 3.41. The molecule has 0 radical (unpaired) electrons. The van der Waals surface area contributed by atoms with Crippen LogP contribution in [0.15, 0.2) is 29.0 Å². The number of rotatable bonds is 2. The van der Waals surface area contributed by atoms with Crippen molar-refractivity contribution in [2.45, 2.75) is 6.92 Å². The molecule has 0 aromatic carbocycles. The summed E-state index contributed by atoms with van der Waals surface area (Å²) < 4.78 is 0. The lowest BCUT2D eigenvalue weighted by Crippen LogP contribution is -2.10. The van der Waals surface area contributed by atoms with Crippen molar-refractivity contribution in [3.8, 4) is 0 Å². The first-order valence-corrected chi connectivity index (χ1v) is 4.22. The summed E-state index contributed by atoms with van der Waals surface area (Å²) in [6.45, 7) is 1.72. The summed E-state index contributed by atoms with van der Waals surface area (Å²) in [6, 6.07) is 1.60. The van der Waals surface area contributed by atoms with Gasteiger partial charge in [0.25, 0.3) is 0 Å². The third kappa shape index (κ3) is 3.40. The first kappa shape index (κ1) is 10.5. The van der Waals surface area contributed by atoms with Crippen LogP contribution in [0.3, 0.4) is 0 Å². The van der Waals surface area contributed by atoms with Crippen LogP contribution in [-0.4, -0.2) is 15.8 Å². The van der Waals surface area contributed by atoms with E-state index in [1.807, 2.05) is 0 Å². The van der Waals surface area contributed by atoms with Crippen LogP contribution in [0, 0.1) is 0 Å². The number of halogens is 1. The highest BCUT2D eigenvalue weighted by Gasteiger charge is 1.94. The van der Waals surface area contributed by atoms with E-state index in [4.69, 9.17) is 23.1 Å². The van der Waals surface area contributed by atoms with Gasteiger partial charge < -0.3 is 11.5 Å². The van der Waals surface area contributed by atoms with Gasteiger partial charge in [-0.1, -0.05) is 0 Å². The van der Waals surface area contributed by atoms with E-state index in [0.29, 0.717) is 11.5 Å². The highest BCUT2D eigenvalue weighted by atomic mass is 35.5. The zero-order chi connectivity index (χ0) is 10.6. The van der Waals surface area contributed by atoms with Gasteiger partial charge in [0.1, 0.15) is 5.84 Å². The van der Waals surface area contributed by atoms with Crippen LogP contribution >= 0.6 is 11.6 Å². The third-order valence-corrected chi connectivity index (χ3v) is 1.41. The molecule has 6 heteroatoms. The normalized spacial score (nSPS) is 13.0. The number of nitrogens with zero attached hydrogens (tertiary/aromatic N) is 3. The summed E-state index contributed by atoms with van der Waals surface area (Å²) in [4.78, 5) is 11.5. The largest absolute Gasteiger partial charge is 0.402 e. The van der Waals surface area contributed by atoms with E-state index in [0.717, 1.165) is 0 Å². The molecule has 0 bridgehead atoms. The lowest BCUT2D eigenvalue weighted by Gasteiger charge is -1.95. The molecule has 0 aliphatic rings. The van der Waals surface area contributed by atoms with Crippen molar-refractivity contribution in [2.24, 2.45) is 16.5 Å². The van der Waals surface area contributed by atoms with Crippen LogP contribution in [0.4, 0.5) is 5.82 Å². The minimum Gasteiger partial charge on any atom is -0.402 e. The number of hydrogen-bond donors (Lipinski definition) is 2. The molecule has 0 aliphatic carbocycles. The van der Waals surface area contributed by atoms with Crippen molar-refractivity contribution < 1.29 is 0 Å². The lowest BCUT2D eigenvalue weighted by atomic mass is 10.4. The van der Waals surface area contributed by atoms with E-state index >= 15 is 0 Å². The van der Waals surface area contributed by atoms with Crippen molar-refractivity contribution in [2.75, 3.05) is 0 Å². The highest BCUT2D eigenvalue weighted by molar-refractivity contribution is 6.28. The molecule has 0 amide bonds. The Bertz CT molecular complexity index is 381. The van der Waals surface area contributed by atoms with E-state index in [2.05, 4.69) is 15.0 Å². The van der Waals surface area contributed by atoms with E-state index in [1.165, 1.54) is 12.3 Å². The van der Waals surface area contributed by atoms with Crippen LogP contribution < -0.4 is 11.5 Å². The van der Waals surface area contributed by atoms with Gasteiger partial charge in [-0.05, 0) is 24.6 Å². The van der Waals surface area contributed by atoms with Crippen LogP contribution in [0.5, 0.6) is 0 Å². The number of aliphatic imine (C=N–C) groups is 1. The molecule has 74 valence electrons. The van der Waals surface area contributed by atoms with Gasteiger partial charge in [0.2, 0.25) is 5.28 Å². The third-order valence-electron chi connectivity index (χ3n) is 1.23. The van der Waals surface area contributed by atoms with Gasteiger partial charge >= 0.3 is 0 Å². The predicted molar refractivity (Wildman–Crippen MR) is 56.3 cm³/mol. The fourth-order valence-electron chi connectivity index (χ4n) is 0.786. The number of amidine groups is 1. The SMILES string of the molecule is C/C(N)=C/C(N)=Nc1ccnc(Cl)n1. The predicted octanol–water partition coefficient (Wildman–Crippen LogP) is 0.981. The maximum atomic E-state index is 5.56. The van der Waals surface area contributed by atoms with Crippen molar-refractivity contribution in [3.05, 3.63) is 29.3 Å². The van der Waals surface area contributed by atoms with E-state index in [1.54, 1.807) is 13.0 Å².